The van der Waals surface area contributed by atoms with E-state index in [1.807, 2.05) is 52.0 Å². The standard InChI is InChI=1S/C26H35N3O6S/c1-6-22(26(31)27-18(2)3)28(16-20-9-7-8-19(4)14-20)25(30)17-29(36(5,32)33)21-10-11-23-24(15-21)35-13-12-34-23/h7-11,14-15,18,22H,6,12-13,16-17H2,1-5H3,(H,27,31)/t22-/m0/s1. The van der Waals surface area contributed by atoms with E-state index < -0.39 is 28.5 Å². The van der Waals surface area contributed by atoms with Crippen LogP contribution in [0.5, 0.6) is 11.5 Å². The first-order valence-corrected chi connectivity index (χ1v) is 13.9. The number of benzene rings is 2. The zero-order valence-electron chi connectivity index (χ0n) is 21.5. The Balaban J connectivity index is 1.96. The maximum atomic E-state index is 13.7. The van der Waals surface area contributed by atoms with Gasteiger partial charge in [0.05, 0.1) is 11.9 Å². The maximum absolute atomic E-state index is 13.7. The Kier molecular flexibility index (Phi) is 8.84. The Bertz CT molecular complexity index is 1200. The Hall–Kier alpha value is -3.27. The Morgan fingerprint density at radius 2 is 1.75 bits per heavy atom. The van der Waals surface area contributed by atoms with Crippen molar-refractivity contribution in [1.29, 1.82) is 0 Å². The van der Waals surface area contributed by atoms with Crippen molar-refractivity contribution < 1.29 is 27.5 Å². The van der Waals surface area contributed by atoms with Gasteiger partial charge in [-0.3, -0.25) is 13.9 Å². The number of carbonyl (C=O) groups is 2. The minimum Gasteiger partial charge on any atom is -0.486 e. The number of hydrogen-bond acceptors (Lipinski definition) is 6. The molecule has 0 unspecified atom stereocenters. The van der Waals surface area contributed by atoms with Gasteiger partial charge in [-0.15, -0.1) is 0 Å². The van der Waals surface area contributed by atoms with Crippen molar-refractivity contribution in [3.8, 4) is 11.5 Å². The highest BCUT2D eigenvalue weighted by Gasteiger charge is 2.32. The number of fused-ring (bicyclic) bond motifs is 1. The van der Waals surface area contributed by atoms with Crippen LogP contribution in [-0.4, -0.2) is 63.2 Å². The number of amides is 2. The van der Waals surface area contributed by atoms with E-state index in [4.69, 9.17) is 9.47 Å². The number of hydrogen-bond donors (Lipinski definition) is 1. The van der Waals surface area contributed by atoms with Crippen molar-refractivity contribution in [3.05, 3.63) is 53.6 Å². The molecule has 0 bridgehead atoms. The molecule has 0 spiro atoms. The van der Waals surface area contributed by atoms with Gasteiger partial charge in [0.25, 0.3) is 0 Å². The summed E-state index contributed by atoms with van der Waals surface area (Å²) < 4.78 is 37.7. The van der Waals surface area contributed by atoms with Gasteiger partial charge in [-0.2, -0.15) is 0 Å². The van der Waals surface area contributed by atoms with Crippen molar-refractivity contribution in [2.45, 2.75) is 52.7 Å². The first-order valence-electron chi connectivity index (χ1n) is 12.0. The molecule has 2 aromatic carbocycles. The zero-order valence-corrected chi connectivity index (χ0v) is 22.3. The molecule has 2 amide bonds. The molecule has 10 heteroatoms. The van der Waals surface area contributed by atoms with Crippen LogP contribution in [0, 0.1) is 6.92 Å². The number of sulfonamides is 1. The largest absolute Gasteiger partial charge is 0.486 e. The van der Waals surface area contributed by atoms with Gasteiger partial charge in [-0.1, -0.05) is 36.8 Å². The minimum absolute atomic E-state index is 0.104. The summed E-state index contributed by atoms with van der Waals surface area (Å²) in [7, 11) is -3.84. The van der Waals surface area contributed by atoms with E-state index in [1.54, 1.807) is 18.2 Å². The third-order valence-corrected chi connectivity index (χ3v) is 6.89. The second-order valence-electron chi connectivity index (χ2n) is 9.20. The average Bonchev–Trinajstić information content (AvgIpc) is 2.80. The Labute approximate surface area is 213 Å². The molecular formula is C26H35N3O6S. The number of ether oxygens (including phenoxy) is 2. The fourth-order valence-corrected chi connectivity index (χ4v) is 4.95. The lowest BCUT2D eigenvalue weighted by atomic mass is 10.1. The lowest BCUT2D eigenvalue weighted by Crippen LogP contribution is -2.53. The van der Waals surface area contributed by atoms with Gasteiger partial charge in [0, 0.05) is 18.7 Å². The van der Waals surface area contributed by atoms with Gasteiger partial charge in [0.2, 0.25) is 21.8 Å². The molecule has 0 fully saturated rings. The van der Waals surface area contributed by atoms with Crippen LogP contribution in [-0.2, 0) is 26.2 Å². The first-order chi connectivity index (χ1) is 17.0. The number of aryl methyl sites for hydroxylation is 1. The third-order valence-electron chi connectivity index (χ3n) is 5.75. The van der Waals surface area contributed by atoms with E-state index in [-0.39, 0.29) is 24.2 Å². The average molecular weight is 518 g/mol. The molecule has 36 heavy (non-hydrogen) atoms. The molecule has 0 aliphatic carbocycles. The summed E-state index contributed by atoms with van der Waals surface area (Å²) in [6.45, 7) is 7.95. The van der Waals surface area contributed by atoms with Crippen LogP contribution >= 0.6 is 0 Å². The molecule has 1 aliphatic rings. The summed E-state index contributed by atoms with van der Waals surface area (Å²) in [6.07, 6.45) is 1.42. The molecule has 3 rings (SSSR count). The predicted molar refractivity (Wildman–Crippen MR) is 139 cm³/mol. The van der Waals surface area contributed by atoms with E-state index in [9.17, 15) is 18.0 Å². The summed E-state index contributed by atoms with van der Waals surface area (Å²) in [5.41, 5.74) is 2.16. The number of carbonyl (C=O) groups excluding carboxylic acids is 2. The van der Waals surface area contributed by atoms with E-state index in [0.29, 0.717) is 31.1 Å². The Morgan fingerprint density at radius 3 is 2.36 bits per heavy atom. The van der Waals surface area contributed by atoms with Crippen molar-refractivity contribution in [2.24, 2.45) is 0 Å². The van der Waals surface area contributed by atoms with Gasteiger partial charge in [-0.25, -0.2) is 8.42 Å². The Morgan fingerprint density at radius 1 is 1.06 bits per heavy atom. The first kappa shape index (κ1) is 27.3. The highest BCUT2D eigenvalue weighted by molar-refractivity contribution is 7.92. The number of rotatable bonds is 10. The molecule has 1 N–H and O–H groups in total. The van der Waals surface area contributed by atoms with Gasteiger partial charge < -0.3 is 19.7 Å². The molecule has 0 aromatic heterocycles. The van der Waals surface area contributed by atoms with Crippen LogP contribution < -0.4 is 19.1 Å². The molecule has 2 aromatic rings. The number of nitrogens with one attached hydrogen (secondary N) is 1. The lowest BCUT2D eigenvalue weighted by Gasteiger charge is -2.33. The lowest BCUT2D eigenvalue weighted by molar-refractivity contribution is -0.140. The summed E-state index contributed by atoms with van der Waals surface area (Å²) in [4.78, 5) is 28.2. The molecule has 196 valence electrons. The minimum atomic E-state index is -3.84. The summed E-state index contributed by atoms with van der Waals surface area (Å²) in [5.74, 6) is 0.169. The van der Waals surface area contributed by atoms with Crippen molar-refractivity contribution in [3.63, 3.8) is 0 Å². The van der Waals surface area contributed by atoms with Crippen LogP contribution in [0.25, 0.3) is 0 Å². The molecule has 9 nitrogen and oxygen atoms in total. The van der Waals surface area contributed by atoms with E-state index in [1.165, 1.54) is 4.90 Å². The molecule has 0 saturated heterocycles. The van der Waals surface area contributed by atoms with Crippen molar-refractivity contribution in [2.75, 3.05) is 30.3 Å². The van der Waals surface area contributed by atoms with E-state index in [2.05, 4.69) is 5.32 Å². The maximum Gasteiger partial charge on any atom is 0.244 e. The fourth-order valence-electron chi connectivity index (χ4n) is 4.11. The summed E-state index contributed by atoms with van der Waals surface area (Å²) in [6, 6.07) is 11.6. The molecule has 0 radical (unpaired) electrons. The third kappa shape index (κ3) is 6.90. The van der Waals surface area contributed by atoms with Gasteiger partial charge in [-0.05, 0) is 44.9 Å². The topological polar surface area (TPSA) is 105 Å². The van der Waals surface area contributed by atoms with Crippen LogP contribution in [0.4, 0.5) is 5.69 Å². The predicted octanol–water partition coefficient (Wildman–Crippen LogP) is 2.86. The highest BCUT2D eigenvalue weighted by Crippen LogP contribution is 2.34. The smallest absolute Gasteiger partial charge is 0.244 e. The monoisotopic (exact) mass is 517 g/mol. The normalized spacial score (nSPS) is 13.7. The van der Waals surface area contributed by atoms with Crippen LogP contribution in [0.15, 0.2) is 42.5 Å². The molecule has 1 heterocycles. The van der Waals surface area contributed by atoms with Crippen LogP contribution in [0.2, 0.25) is 0 Å². The summed E-state index contributed by atoms with van der Waals surface area (Å²) in [5, 5.41) is 2.88. The van der Waals surface area contributed by atoms with Crippen molar-refractivity contribution in [1.82, 2.24) is 10.2 Å². The van der Waals surface area contributed by atoms with Gasteiger partial charge in [0.15, 0.2) is 11.5 Å². The van der Waals surface area contributed by atoms with Gasteiger partial charge >= 0.3 is 0 Å². The molecule has 0 saturated carbocycles. The van der Waals surface area contributed by atoms with E-state index >= 15 is 0 Å². The highest BCUT2D eigenvalue weighted by atomic mass is 32.2. The SMILES string of the molecule is CC[C@@H](C(=O)NC(C)C)N(Cc1cccc(C)c1)C(=O)CN(c1ccc2c(c1)OCCO2)S(C)(=O)=O. The fraction of sp³-hybridized carbons (Fsp3) is 0.462. The van der Waals surface area contributed by atoms with E-state index in [0.717, 1.165) is 21.7 Å². The quantitative estimate of drug-likeness (QED) is 0.520. The summed E-state index contributed by atoms with van der Waals surface area (Å²) >= 11 is 0. The second kappa shape index (κ2) is 11.6. The van der Waals surface area contributed by atoms with Crippen molar-refractivity contribution >= 4 is 27.5 Å². The molecular weight excluding hydrogens is 482 g/mol. The number of nitrogens with zero attached hydrogens (tertiary/aromatic N) is 2. The molecule has 1 atom stereocenters. The van der Waals surface area contributed by atoms with Crippen LogP contribution in [0.1, 0.15) is 38.3 Å². The van der Waals surface area contributed by atoms with Gasteiger partial charge in [0.1, 0.15) is 25.8 Å². The second-order valence-corrected chi connectivity index (χ2v) is 11.1. The number of anilines is 1. The van der Waals surface area contributed by atoms with Crippen LogP contribution in [0.3, 0.4) is 0 Å². The zero-order chi connectivity index (χ0) is 26.5. The molecule has 1 aliphatic heterocycles.